The molecule has 0 spiro atoms. The molecule has 0 aromatic rings. The molecule has 3 nitrogen and oxygen atoms in total. The maximum absolute atomic E-state index is 10.2. The van der Waals surface area contributed by atoms with Crippen LogP contribution in [0.2, 0.25) is 0 Å². The Morgan fingerprint density at radius 3 is 2.88 bits per heavy atom. The fourth-order valence-corrected chi connectivity index (χ4v) is 0.375. The molecule has 0 unspecified atom stereocenters. The van der Waals surface area contributed by atoms with Crippen LogP contribution >= 0.6 is 0 Å². The van der Waals surface area contributed by atoms with Gasteiger partial charge in [-0.3, -0.25) is 4.79 Å². The monoisotopic (exact) mass is 130 g/mol. The quantitative estimate of drug-likeness (QED) is 0.340. The number of rotatable bonds is 2. The Morgan fingerprint density at radius 1 is 1.88 bits per heavy atom. The van der Waals surface area contributed by atoms with Crippen molar-refractivity contribution >= 4 is 22.4 Å². The lowest BCUT2D eigenvalue weighted by Gasteiger charge is -1.89. The molecule has 0 radical (unpaired) electrons. The van der Waals surface area contributed by atoms with Crippen LogP contribution in [0.25, 0.3) is 0 Å². The maximum atomic E-state index is 10.2. The number of hydrogen-bond donors (Lipinski definition) is 0. The van der Waals surface area contributed by atoms with Gasteiger partial charge in [0.05, 0.1) is 6.42 Å². The van der Waals surface area contributed by atoms with Gasteiger partial charge in [0, 0.05) is 6.08 Å². The van der Waals surface area contributed by atoms with E-state index in [1.54, 1.807) is 0 Å². The predicted octanol–water partition coefficient (Wildman–Crippen LogP) is -1.41. The second kappa shape index (κ2) is 4.30. The molecule has 0 bridgehead atoms. The van der Waals surface area contributed by atoms with E-state index in [0.717, 1.165) is 6.08 Å². The second-order valence-electron chi connectivity index (χ2n) is 1.10. The van der Waals surface area contributed by atoms with Crippen LogP contribution in [-0.4, -0.2) is 22.4 Å². The van der Waals surface area contributed by atoms with Crippen molar-refractivity contribution in [3.63, 3.8) is 0 Å². The summed E-state index contributed by atoms with van der Waals surface area (Å²) in [5, 5.41) is 0. The average Bonchev–Trinajstić information content (AvgIpc) is 1.83. The summed E-state index contributed by atoms with van der Waals surface area (Å²) < 4.78 is 4.34. The fourth-order valence-electron chi connectivity index (χ4n) is 0.208. The zero-order chi connectivity index (χ0) is 6.41. The largest absolute Gasteiger partial charge is 0.528 e. The molecule has 0 aliphatic heterocycles. The molecule has 0 atom stereocenters. The smallest absolute Gasteiger partial charge is 0.296 e. The molecule has 0 saturated carbocycles. The van der Waals surface area contributed by atoms with Crippen molar-refractivity contribution in [2.45, 2.75) is 6.42 Å². The molecule has 0 aromatic heterocycles. The lowest BCUT2D eigenvalue weighted by Crippen LogP contribution is -1.97. The topological polar surface area (TPSA) is 43.4 Å². The molecule has 44 valence electrons. The van der Waals surface area contributed by atoms with E-state index in [2.05, 4.69) is 4.43 Å². The summed E-state index contributed by atoms with van der Waals surface area (Å²) in [5.74, 6) is 1.11. The number of carbonyl (C=O) groups excluding carboxylic acids is 2. The SMILES string of the molecule is O=C=CCC(=O)O[SiH3]. The first-order valence-electron chi connectivity index (χ1n) is 2.07. The zero-order valence-electron chi connectivity index (χ0n) is 4.51. The highest BCUT2D eigenvalue weighted by Crippen LogP contribution is 1.79. The van der Waals surface area contributed by atoms with E-state index in [-0.39, 0.29) is 12.4 Å². The molecule has 0 fully saturated rings. The van der Waals surface area contributed by atoms with Crippen LogP contribution in [0.4, 0.5) is 0 Å². The average molecular weight is 130 g/mol. The van der Waals surface area contributed by atoms with Crippen molar-refractivity contribution in [1.29, 1.82) is 0 Å². The van der Waals surface area contributed by atoms with E-state index in [1.165, 1.54) is 5.94 Å². The molecule has 0 saturated heterocycles. The minimum absolute atomic E-state index is 0.0486. The first-order chi connectivity index (χ1) is 3.81. The van der Waals surface area contributed by atoms with Crippen molar-refractivity contribution < 1.29 is 14.0 Å². The van der Waals surface area contributed by atoms with Gasteiger partial charge in [0.1, 0.15) is 5.94 Å². The molecule has 0 heterocycles. The van der Waals surface area contributed by atoms with Gasteiger partial charge in [-0.1, -0.05) is 0 Å². The first-order valence-corrected chi connectivity index (χ1v) is 2.89. The van der Waals surface area contributed by atoms with Crippen molar-refractivity contribution in [1.82, 2.24) is 0 Å². The van der Waals surface area contributed by atoms with E-state index in [4.69, 9.17) is 0 Å². The Labute approximate surface area is 49.9 Å². The fraction of sp³-hybridized carbons (Fsp3) is 0.250. The van der Waals surface area contributed by atoms with Gasteiger partial charge in [-0.2, -0.15) is 0 Å². The second-order valence-corrected chi connectivity index (χ2v) is 1.51. The third-order valence-corrected chi connectivity index (χ3v) is 1.04. The standard InChI is InChI=1S/C4H6O3Si/c5-3-1-2-4(6)7-8/h1H,2H2,8H3. The molecule has 0 aliphatic rings. The summed E-state index contributed by atoms with van der Waals surface area (Å²) in [7, 11) is 0.390. The predicted molar refractivity (Wildman–Crippen MR) is 30.9 cm³/mol. The Kier molecular flexibility index (Phi) is 3.84. The van der Waals surface area contributed by atoms with Gasteiger partial charge < -0.3 is 4.43 Å². The first kappa shape index (κ1) is 7.14. The molecule has 0 rings (SSSR count). The van der Waals surface area contributed by atoms with Crippen LogP contribution in [-0.2, 0) is 14.0 Å². The molecule has 0 aliphatic carbocycles. The minimum atomic E-state index is -0.361. The van der Waals surface area contributed by atoms with Gasteiger partial charge in [0.2, 0.25) is 10.5 Å². The maximum Gasteiger partial charge on any atom is 0.296 e. The van der Waals surface area contributed by atoms with Crippen molar-refractivity contribution in [2.24, 2.45) is 0 Å². The summed E-state index contributed by atoms with van der Waals surface area (Å²) in [5.41, 5.74) is 0. The zero-order valence-corrected chi connectivity index (χ0v) is 6.51. The summed E-state index contributed by atoms with van der Waals surface area (Å²) in [4.78, 5) is 19.6. The Morgan fingerprint density at radius 2 is 2.50 bits per heavy atom. The van der Waals surface area contributed by atoms with Gasteiger partial charge in [-0.25, -0.2) is 4.79 Å². The Bertz CT molecular complexity index is 125. The van der Waals surface area contributed by atoms with E-state index in [1.807, 2.05) is 0 Å². The number of hydrogen-bond acceptors (Lipinski definition) is 3. The lowest BCUT2D eigenvalue weighted by atomic mass is 10.4. The van der Waals surface area contributed by atoms with Crippen molar-refractivity contribution in [2.75, 3.05) is 0 Å². The number of carbonyl (C=O) groups is 1. The molecule has 4 heteroatoms. The summed E-state index contributed by atoms with van der Waals surface area (Å²) in [6.07, 6.45) is 1.15. The molecular formula is C4H6O3Si. The Balaban J connectivity index is 3.39. The van der Waals surface area contributed by atoms with E-state index in [0.29, 0.717) is 10.5 Å². The van der Waals surface area contributed by atoms with Crippen LogP contribution in [0.3, 0.4) is 0 Å². The molecule has 0 amide bonds. The van der Waals surface area contributed by atoms with Crippen LogP contribution in [0.5, 0.6) is 0 Å². The van der Waals surface area contributed by atoms with Gasteiger partial charge in [0.25, 0.3) is 5.97 Å². The summed E-state index contributed by atoms with van der Waals surface area (Å²) in [6.45, 7) is 0. The summed E-state index contributed by atoms with van der Waals surface area (Å²) >= 11 is 0. The van der Waals surface area contributed by atoms with Crippen LogP contribution < -0.4 is 0 Å². The van der Waals surface area contributed by atoms with Gasteiger partial charge in [0.15, 0.2) is 0 Å². The highest BCUT2D eigenvalue weighted by Gasteiger charge is 1.91. The highest BCUT2D eigenvalue weighted by molar-refractivity contribution is 6.05. The van der Waals surface area contributed by atoms with Gasteiger partial charge >= 0.3 is 0 Å². The van der Waals surface area contributed by atoms with Gasteiger partial charge in [-0.05, 0) is 0 Å². The van der Waals surface area contributed by atoms with Crippen molar-refractivity contribution in [3.8, 4) is 0 Å². The third kappa shape index (κ3) is 3.33. The summed E-state index contributed by atoms with van der Waals surface area (Å²) in [6, 6.07) is 0. The van der Waals surface area contributed by atoms with Crippen LogP contribution in [0, 0.1) is 0 Å². The highest BCUT2D eigenvalue weighted by atomic mass is 28.2. The third-order valence-electron chi connectivity index (χ3n) is 0.580. The molecule has 8 heavy (non-hydrogen) atoms. The molecular weight excluding hydrogens is 124 g/mol. The van der Waals surface area contributed by atoms with Crippen LogP contribution in [0.15, 0.2) is 6.08 Å². The molecule has 0 N–H and O–H groups in total. The van der Waals surface area contributed by atoms with E-state index >= 15 is 0 Å². The van der Waals surface area contributed by atoms with E-state index < -0.39 is 0 Å². The van der Waals surface area contributed by atoms with Crippen LogP contribution in [0.1, 0.15) is 6.42 Å². The van der Waals surface area contributed by atoms with E-state index in [9.17, 15) is 9.59 Å². The van der Waals surface area contributed by atoms with Gasteiger partial charge in [-0.15, -0.1) is 0 Å². The Hall–Kier alpha value is -0.863. The lowest BCUT2D eigenvalue weighted by molar-refractivity contribution is -0.133. The normalized spacial score (nSPS) is 7.50. The van der Waals surface area contributed by atoms with Crippen molar-refractivity contribution in [3.05, 3.63) is 6.08 Å². The minimum Gasteiger partial charge on any atom is -0.528 e. The molecule has 0 aromatic carbocycles.